The number of hydrogen-bond acceptors (Lipinski definition) is 5. The van der Waals surface area contributed by atoms with Gasteiger partial charge in [0.05, 0.1) is 9.82 Å². The number of nitrogens with one attached hydrogen (secondary N) is 1. The molecule has 7 nitrogen and oxygen atoms in total. The van der Waals surface area contributed by atoms with E-state index in [2.05, 4.69) is 9.93 Å². The SMILES string of the molecule is CCC/C(C)=N\NS(=O)(=O)c1ccc(C)c([N+](=O)[O-])c1. The Morgan fingerprint density at radius 1 is 1.45 bits per heavy atom. The van der Waals surface area contributed by atoms with E-state index in [-0.39, 0.29) is 10.6 Å². The van der Waals surface area contributed by atoms with Crippen molar-refractivity contribution in [2.45, 2.75) is 38.5 Å². The average Bonchev–Trinajstić information content (AvgIpc) is 2.37. The summed E-state index contributed by atoms with van der Waals surface area (Å²) in [6, 6.07) is 3.74. The maximum Gasteiger partial charge on any atom is 0.276 e. The molecule has 20 heavy (non-hydrogen) atoms. The molecule has 0 amide bonds. The third-order valence-corrected chi connectivity index (χ3v) is 3.86. The summed E-state index contributed by atoms with van der Waals surface area (Å²) in [5.41, 5.74) is 0.819. The van der Waals surface area contributed by atoms with Crippen LogP contribution in [0.25, 0.3) is 0 Å². The maximum atomic E-state index is 12.0. The fourth-order valence-corrected chi connectivity index (χ4v) is 2.46. The summed E-state index contributed by atoms with van der Waals surface area (Å²) in [6.45, 7) is 5.21. The Bertz CT molecular complexity index is 638. The number of sulfonamides is 1. The minimum Gasteiger partial charge on any atom is -0.258 e. The zero-order chi connectivity index (χ0) is 15.3. The van der Waals surface area contributed by atoms with Crippen molar-refractivity contribution in [1.29, 1.82) is 0 Å². The van der Waals surface area contributed by atoms with E-state index in [1.54, 1.807) is 13.8 Å². The number of aryl methyl sites for hydroxylation is 1. The Labute approximate surface area is 117 Å². The number of hydrogen-bond donors (Lipinski definition) is 1. The highest BCUT2D eigenvalue weighted by Crippen LogP contribution is 2.21. The van der Waals surface area contributed by atoms with Gasteiger partial charge >= 0.3 is 0 Å². The van der Waals surface area contributed by atoms with Crippen LogP contribution in [0.15, 0.2) is 28.2 Å². The third-order valence-electron chi connectivity index (χ3n) is 2.66. The molecule has 0 aliphatic carbocycles. The van der Waals surface area contributed by atoms with Crippen LogP contribution in [0.1, 0.15) is 32.3 Å². The fraction of sp³-hybridized carbons (Fsp3) is 0.417. The normalized spacial score (nSPS) is 12.2. The predicted octanol–water partition coefficient (Wildman–Crippen LogP) is 2.36. The second kappa shape index (κ2) is 6.47. The third kappa shape index (κ3) is 4.02. The van der Waals surface area contributed by atoms with Crippen molar-refractivity contribution in [3.63, 3.8) is 0 Å². The molecule has 0 aromatic heterocycles. The summed E-state index contributed by atoms with van der Waals surface area (Å²) < 4.78 is 24.0. The quantitative estimate of drug-likeness (QED) is 0.495. The van der Waals surface area contributed by atoms with Crippen LogP contribution < -0.4 is 4.83 Å². The van der Waals surface area contributed by atoms with Gasteiger partial charge in [-0.1, -0.05) is 19.4 Å². The molecule has 0 radical (unpaired) electrons. The van der Waals surface area contributed by atoms with E-state index in [9.17, 15) is 18.5 Å². The molecular weight excluding hydrogens is 282 g/mol. The van der Waals surface area contributed by atoms with Crippen LogP contribution >= 0.6 is 0 Å². The van der Waals surface area contributed by atoms with Gasteiger partial charge in [-0.25, -0.2) is 4.83 Å². The highest BCUT2D eigenvalue weighted by atomic mass is 32.2. The lowest BCUT2D eigenvalue weighted by Crippen LogP contribution is -2.20. The summed E-state index contributed by atoms with van der Waals surface area (Å²) in [4.78, 5) is 12.1. The number of hydrazone groups is 1. The van der Waals surface area contributed by atoms with E-state index in [0.717, 1.165) is 12.5 Å². The van der Waals surface area contributed by atoms with E-state index >= 15 is 0 Å². The molecule has 1 N–H and O–H groups in total. The smallest absolute Gasteiger partial charge is 0.258 e. The summed E-state index contributed by atoms with van der Waals surface area (Å²) >= 11 is 0. The van der Waals surface area contributed by atoms with Crippen molar-refractivity contribution in [3.05, 3.63) is 33.9 Å². The van der Waals surface area contributed by atoms with Crippen LogP contribution in [0.2, 0.25) is 0 Å². The van der Waals surface area contributed by atoms with Gasteiger partial charge in [-0.15, -0.1) is 0 Å². The molecule has 0 atom stereocenters. The number of nitrogens with zero attached hydrogens (tertiary/aromatic N) is 2. The van der Waals surface area contributed by atoms with Crippen LogP contribution in [0.5, 0.6) is 0 Å². The highest BCUT2D eigenvalue weighted by Gasteiger charge is 2.19. The van der Waals surface area contributed by atoms with Gasteiger partial charge in [-0.05, 0) is 26.3 Å². The van der Waals surface area contributed by atoms with Crippen molar-refractivity contribution < 1.29 is 13.3 Å². The molecule has 0 aliphatic heterocycles. The first kappa shape index (κ1) is 16.1. The Balaban J connectivity index is 3.08. The van der Waals surface area contributed by atoms with Crippen molar-refractivity contribution in [2.75, 3.05) is 0 Å². The van der Waals surface area contributed by atoms with E-state index in [0.29, 0.717) is 17.7 Å². The molecular formula is C12H17N3O4S. The first-order chi connectivity index (χ1) is 9.27. The van der Waals surface area contributed by atoms with E-state index in [1.807, 2.05) is 6.92 Å². The van der Waals surface area contributed by atoms with Gasteiger partial charge < -0.3 is 0 Å². The monoisotopic (exact) mass is 299 g/mol. The zero-order valence-electron chi connectivity index (χ0n) is 11.6. The Hall–Kier alpha value is -1.96. The van der Waals surface area contributed by atoms with Gasteiger partial charge in [-0.3, -0.25) is 10.1 Å². The summed E-state index contributed by atoms with van der Waals surface area (Å²) in [7, 11) is -3.89. The van der Waals surface area contributed by atoms with Crippen molar-refractivity contribution >= 4 is 21.4 Å². The lowest BCUT2D eigenvalue weighted by molar-refractivity contribution is -0.385. The number of nitro groups is 1. The Kier molecular flexibility index (Phi) is 5.20. The second-order valence-corrected chi connectivity index (χ2v) is 6.06. The van der Waals surface area contributed by atoms with Gasteiger partial charge in [0.25, 0.3) is 15.7 Å². The molecule has 1 aromatic rings. The number of nitro benzene ring substituents is 1. The van der Waals surface area contributed by atoms with Crippen molar-refractivity contribution in [1.82, 2.24) is 4.83 Å². The largest absolute Gasteiger partial charge is 0.276 e. The van der Waals surface area contributed by atoms with Gasteiger partial charge in [0.1, 0.15) is 0 Å². The molecule has 0 aliphatic rings. The van der Waals surface area contributed by atoms with Gasteiger partial charge in [0.2, 0.25) is 0 Å². The lowest BCUT2D eigenvalue weighted by atomic mass is 10.2. The van der Waals surface area contributed by atoms with Gasteiger partial charge in [0, 0.05) is 17.3 Å². The fourth-order valence-electron chi connectivity index (χ4n) is 1.56. The van der Waals surface area contributed by atoms with E-state index in [1.165, 1.54) is 12.1 Å². The van der Waals surface area contributed by atoms with Gasteiger partial charge in [0.15, 0.2) is 0 Å². The topological polar surface area (TPSA) is 102 Å². The Morgan fingerprint density at radius 2 is 2.10 bits per heavy atom. The molecule has 0 saturated heterocycles. The van der Waals surface area contributed by atoms with Crippen LogP contribution in [0.3, 0.4) is 0 Å². The highest BCUT2D eigenvalue weighted by molar-refractivity contribution is 7.89. The maximum absolute atomic E-state index is 12.0. The minimum absolute atomic E-state index is 0.178. The average molecular weight is 299 g/mol. The molecule has 110 valence electrons. The number of rotatable bonds is 6. The van der Waals surface area contributed by atoms with Crippen molar-refractivity contribution in [2.24, 2.45) is 5.10 Å². The summed E-state index contributed by atoms with van der Waals surface area (Å²) in [6.07, 6.45) is 1.53. The van der Waals surface area contributed by atoms with Crippen molar-refractivity contribution in [3.8, 4) is 0 Å². The van der Waals surface area contributed by atoms with Crippen LogP contribution in [0.4, 0.5) is 5.69 Å². The summed E-state index contributed by atoms with van der Waals surface area (Å²) in [5.74, 6) is 0. The standard InChI is InChI=1S/C12H17N3O4S/c1-4-5-10(3)13-14-20(18,19)11-7-6-9(2)12(8-11)15(16)17/h6-8,14H,4-5H2,1-3H3/b13-10-. The molecule has 0 fully saturated rings. The second-order valence-electron chi connectivity index (χ2n) is 4.40. The molecule has 0 bridgehead atoms. The zero-order valence-corrected chi connectivity index (χ0v) is 12.4. The molecule has 8 heteroatoms. The first-order valence-corrected chi connectivity index (χ1v) is 7.56. The molecule has 0 heterocycles. The predicted molar refractivity (Wildman–Crippen MR) is 76.2 cm³/mol. The first-order valence-electron chi connectivity index (χ1n) is 6.08. The van der Waals surface area contributed by atoms with E-state index < -0.39 is 14.9 Å². The summed E-state index contributed by atoms with van der Waals surface area (Å²) in [5, 5.41) is 14.6. The molecule has 1 aromatic carbocycles. The molecule has 1 rings (SSSR count). The van der Waals surface area contributed by atoms with Crippen LogP contribution in [0, 0.1) is 17.0 Å². The van der Waals surface area contributed by atoms with Crippen LogP contribution in [-0.2, 0) is 10.0 Å². The molecule has 0 unspecified atom stereocenters. The van der Waals surface area contributed by atoms with Crippen LogP contribution in [-0.4, -0.2) is 19.1 Å². The van der Waals surface area contributed by atoms with E-state index in [4.69, 9.17) is 0 Å². The minimum atomic E-state index is -3.89. The Morgan fingerprint density at radius 3 is 2.65 bits per heavy atom. The molecule has 0 saturated carbocycles. The van der Waals surface area contributed by atoms with Gasteiger partial charge in [-0.2, -0.15) is 13.5 Å². The molecule has 0 spiro atoms. The number of benzene rings is 1. The lowest BCUT2D eigenvalue weighted by Gasteiger charge is -2.05.